The lowest BCUT2D eigenvalue weighted by molar-refractivity contribution is 0.747. The van der Waals surface area contributed by atoms with E-state index in [1.807, 2.05) is 20.9 Å². The van der Waals surface area contributed by atoms with Gasteiger partial charge in [0.25, 0.3) is 0 Å². The third-order valence-electron chi connectivity index (χ3n) is 2.60. The van der Waals surface area contributed by atoms with Crippen LogP contribution in [0.5, 0.6) is 0 Å². The first-order valence-corrected chi connectivity index (χ1v) is 6.46. The van der Waals surface area contributed by atoms with Crippen molar-refractivity contribution in [3.8, 4) is 0 Å². The summed E-state index contributed by atoms with van der Waals surface area (Å²) in [6.07, 6.45) is 0.844. The van der Waals surface area contributed by atoms with Crippen molar-refractivity contribution >= 4 is 22.8 Å². The monoisotopic (exact) mass is 251 g/mol. The molecule has 92 valence electrons. The molecule has 2 aromatic heterocycles. The highest BCUT2D eigenvalue weighted by molar-refractivity contribution is 7.09. The molecule has 0 saturated carbocycles. The average Bonchev–Trinajstić information content (AvgIpc) is 2.82. The van der Waals surface area contributed by atoms with Crippen LogP contribution in [0.1, 0.15) is 23.3 Å². The number of nitrogens with zero attached hydrogens (tertiary/aromatic N) is 3. The van der Waals surface area contributed by atoms with E-state index in [0.717, 1.165) is 34.3 Å². The van der Waals surface area contributed by atoms with E-state index < -0.39 is 0 Å². The second-order valence-electron chi connectivity index (χ2n) is 3.90. The number of nitrogen functional groups attached to an aromatic ring is 1. The van der Waals surface area contributed by atoms with E-state index in [1.165, 1.54) is 0 Å². The molecule has 2 heterocycles. The molecule has 0 bridgehead atoms. The molecule has 0 spiro atoms. The maximum atomic E-state index is 6.02. The van der Waals surface area contributed by atoms with E-state index >= 15 is 0 Å². The van der Waals surface area contributed by atoms with Crippen LogP contribution in [0.2, 0.25) is 0 Å². The van der Waals surface area contributed by atoms with Crippen LogP contribution >= 0.6 is 11.3 Å². The van der Waals surface area contributed by atoms with Crippen LogP contribution in [0.15, 0.2) is 5.38 Å². The molecule has 0 aromatic carbocycles. The van der Waals surface area contributed by atoms with Crippen LogP contribution < -0.4 is 11.1 Å². The predicted molar refractivity (Wildman–Crippen MR) is 71.2 cm³/mol. The van der Waals surface area contributed by atoms with Gasteiger partial charge in [-0.1, -0.05) is 6.92 Å². The van der Waals surface area contributed by atoms with E-state index in [4.69, 9.17) is 5.73 Å². The van der Waals surface area contributed by atoms with Gasteiger partial charge in [0.2, 0.25) is 0 Å². The Balaban J connectivity index is 2.11. The van der Waals surface area contributed by atoms with Gasteiger partial charge in [-0.3, -0.25) is 4.68 Å². The fourth-order valence-electron chi connectivity index (χ4n) is 1.73. The Hall–Kier alpha value is -1.56. The van der Waals surface area contributed by atoms with E-state index in [1.54, 1.807) is 16.0 Å². The Morgan fingerprint density at radius 1 is 1.53 bits per heavy atom. The highest BCUT2D eigenvalue weighted by Crippen LogP contribution is 2.22. The van der Waals surface area contributed by atoms with Crippen molar-refractivity contribution in [2.75, 3.05) is 11.1 Å². The maximum Gasteiger partial charge on any atom is 0.148 e. The Bertz CT molecular complexity index is 514. The summed E-state index contributed by atoms with van der Waals surface area (Å²) in [4.78, 5) is 4.40. The van der Waals surface area contributed by atoms with Crippen LogP contribution in [0.4, 0.5) is 11.5 Å². The largest absolute Gasteiger partial charge is 0.394 e. The molecule has 0 unspecified atom stereocenters. The third kappa shape index (κ3) is 2.41. The van der Waals surface area contributed by atoms with Crippen LogP contribution in [0.3, 0.4) is 0 Å². The molecular formula is C11H17N5S. The first kappa shape index (κ1) is 11.9. The minimum absolute atomic E-state index is 0.678. The Labute approximate surface area is 105 Å². The maximum absolute atomic E-state index is 6.02. The summed E-state index contributed by atoms with van der Waals surface area (Å²) in [7, 11) is 1.89. The molecule has 0 fully saturated rings. The minimum Gasteiger partial charge on any atom is -0.394 e. The number of rotatable bonds is 4. The van der Waals surface area contributed by atoms with Crippen molar-refractivity contribution in [1.82, 2.24) is 14.8 Å². The fourth-order valence-corrected chi connectivity index (χ4v) is 2.34. The number of anilines is 2. The van der Waals surface area contributed by atoms with Gasteiger partial charge >= 0.3 is 0 Å². The highest BCUT2D eigenvalue weighted by atomic mass is 32.1. The zero-order valence-electron chi connectivity index (χ0n) is 10.3. The SMILES string of the molecule is CCc1nn(C)c(NCc2csc(C)n2)c1N. The summed E-state index contributed by atoms with van der Waals surface area (Å²) in [6.45, 7) is 4.73. The summed E-state index contributed by atoms with van der Waals surface area (Å²) in [6, 6.07) is 0. The molecule has 0 atom stereocenters. The lowest BCUT2D eigenvalue weighted by Gasteiger charge is -2.05. The van der Waals surface area contributed by atoms with Crippen molar-refractivity contribution in [3.63, 3.8) is 0 Å². The van der Waals surface area contributed by atoms with Crippen LogP contribution in [0.25, 0.3) is 0 Å². The molecule has 2 aromatic rings. The van der Waals surface area contributed by atoms with Crippen LogP contribution in [-0.4, -0.2) is 14.8 Å². The molecule has 17 heavy (non-hydrogen) atoms. The normalized spacial score (nSPS) is 10.8. The summed E-state index contributed by atoms with van der Waals surface area (Å²) < 4.78 is 1.79. The first-order chi connectivity index (χ1) is 8.11. The summed E-state index contributed by atoms with van der Waals surface area (Å²) in [5.41, 5.74) is 8.73. The Kier molecular flexibility index (Phi) is 3.33. The zero-order valence-corrected chi connectivity index (χ0v) is 11.1. The van der Waals surface area contributed by atoms with Crippen molar-refractivity contribution in [2.24, 2.45) is 7.05 Å². The quantitative estimate of drug-likeness (QED) is 0.871. The number of nitrogens with two attached hydrogens (primary N) is 1. The summed E-state index contributed by atoms with van der Waals surface area (Å²) in [5.74, 6) is 0.868. The van der Waals surface area contributed by atoms with Crippen molar-refractivity contribution in [1.29, 1.82) is 0 Å². The Morgan fingerprint density at radius 2 is 2.29 bits per heavy atom. The topological polar surface area (TPSA) is 68.8 Å². The molecule has 0 saturated heterocycles. The smallest absolute Gasteiger partial charge is 0.148 e. The Morgan fingerprint density at radius 3 is 2.82 bits per heavy atom. The van der Waals surface area contributed by atoms with Crippen molar-refractivity contribution in [2.45, 2.75) is 26.8 Å². The van der Waals surface area contributed by atoms with Gasteiger partial charge in [0.05, 0.1) is 28.6 Å². The number of hydrogen-bond acceptors (Lipinski definition) is 5. The summed E-state index contributed by atoms with van der Waals surface area (Å²) >= 11 is 1.65. The molecule has 0 aliphatic carbocycles. The number of nitrogens with one attached hydrogen (secondary N) is 1. The molecule has 0 radical (unpaired) electrons. The second kappa shape index (κ2) is 4.75. The molecule has 0 amide bonds. The van der Waals surface area contributed by atoms with Gasteiger partial charge in [-0.05, 0) is 13.3 Å². The number of aryl methyl sites for hydroxylation is 3. The van der Waals surface area contributed by atoms with Crippen molar-refractivity contribution < 1.29 is 0 Å². The fraction of sp³-hybridized carbons (Fsp3) is 0.455. The average molecular weight is 251 g/mol. The molecule has 0 aliphatic rings. The predicted octanol–water partition coefficient (Wildman–Crippen LogP) is 1.94. The lowest BCUT2D eigenvalue weighted by atomic mass is 10.3. The second-order valence-corrected chi connectivity index (χ2v) is 4.96. The molecule has 2 rings (SSSR count). The highest BCUT2D eigenvalue weighted by Gasteiger charge is 2.11. The van der Waals surface area contributed by atoms with E-state index in [2.05, 4.69) is 20.8 Å². The lowest BCUT2D eigenvalue weighted by Crippen LogP contribution is -2.06. The zero-order chi connectivity index (χ0) is 12.4. The number of hydrogen-bond donors (Lipinski definition) is 2. The van der Waals surface area contributed by atoms with Gasteiger partial charge in [-0.15, -0.1) is 11.3 Å². The van der Waals surface area contributed by atoms with Gasteiger partial charge < -0.3 is 11.1 Å². The number of thiazole rings is 1. The van der Waals surface area contributed by atoms with E-state index in [0.29, 0.717) is 6.54 Å². The first-order valence-electron chi connectivity index (χ1n) is 5.58. The van der Waals surface area contributed by atoms with Gasteiger partial charge in [-0.2, -0.15) is 5.10 Å². The van der Waals surface area contributed by atoms with Crippen LogP contribution in [0, 0.1) is 6.92 Å². The third-order valence-corrected chi connectivity index (χ3v) is 3.42. The summed E-state index contributed by atoms with van der Waals surface area (Å²) in [5, 5.41) is 10.8. The molecule has 0 aliphatic heterocycles. The van der Waals surface area contributed by atoms with Gasteiger partial charge in [0.1, 0.15) is 5.82 Å². The molecular weight excluding hydrogens is 234 g/mol. The molecule has 6 heteroatoms. The minimum atomic E-state index is 0.678. The molecule has 3 N–H and O–H groups in total. The van der Waals surface area contributed by atoms with Crippen molar-refractivity contribution in [3.05, 3.63) is 21.8 Å². The van der Waals surface area contributed by atoms with Gasteiger partial charge in [0, 0.05) is 12.4 Å². The molecule has 5 nitrogen and oxygen atoms in total. The van der Waals surface area contributed by atoms with E-state index in [9.17, 15) is 0 Å². The van der Waals surface area contributed by atoms with Gasteiger partial charge in [-0.25, -0.2) is 4.98 Å². The number of aromatic nitrogens is 3. The van der Waals surface area contributed by atoms with Crippen LogP contribution in [-0.2, 0) is 20.0 Å². The van der Waals surface area contributed by atoms with Gasteiger partial charge in [0.15, 0.2) is 0 Å². The van der Waals surface area contributed by atoms with E-state index in [-0.39, 0.29) is 0 Å². The standard InChI is InChI=1S/C11H17N5S/c1-4-9-10(12)11(16(3)15-9)13-5-8-6-17-7(2)14-8/h6,13H,4-5,12H2,1-3H3.